The summed E-state index contributed by atoms with van der Waals surface area (Å²) in [5.74, 6) is 2.33. The van der Waals surface area contributed by atoms with Crippen molar-refractivity contribution in [2.45, 2.75) is 26.7 Å². The Hall–Kier alpha value is -2.01. The summed E-state index contributed by atoms with van der Waals surface area (Å²) in [6, 6.07) is 7.51. The number of nitrogens with one attached hydrogen (secondary N) is 1. The molecular formula is C17H23ClN4O. The summed E-state index contributed by atoms with van der Waals surface area (Å²) < 4.78 is 5.16. The van der Waals surface area contributed by atoms with E-state index in [1.54, 1.807) is 13.4 Å². The van der Waals surface area contributed by atoms with Gasteiger partial charge in [0.2, 0.25) is 0 Å². The summed E-state index contributed by atoms with van der Waals surface area (Å²) in [4.78, 5) is 11.0. The van der Waals surface area contributed by atoms with Gasteiger partial charge in [-0.3, -0.25) is 0 Å². The SMILES string of the molecule is CCCN(CCC)c1cc(Nc2ccc(OC)c(Cl)c2)ncn1. The Kier molecular flexibility index (Phi) is 6.47. The highest BCUT2D eigenvalue weighted by atomic mass is 35.5. The summed E-state index contributed by atoms with van der Waals surface area (Å²) >= 11 is 6.15. The van der Waals surface area contributed by atoms with E-state index in [0.29, 0.717) is 10.8 Å². The quantitative estimate of drug-likeness (QED) is 0.769. The van der Waals surface area contributed by atoms with Gasteiger partial charge in [0, 0.05) is 24.8 Å². The maximum absolute atomic E-state index is 6.15. The lowest BCUT2D eigenvalue weighted by atomic mass is 10.3. The van der Waals surface area contributed by atoms with E-state index in [1.165, 1.54) is 0 Å². The highest BCUT2D eigenvalue weighted by molar-refractivity contribution is 6.32. The summed E-state index contributed by atoms with van der Waals surface area (Å²) in [6.07, 6.45) is 3.75. The van der Waals surface area contributed by atoms with Crippen molar-refractivity contribution in [2.24, 2.45) is 0 Å². The third-order valence-electron chi connectivity index (χ3n) is 3.39. The first kappa shape index (κ1) is 17.3. The van der Waals surface area contributed by atoms with Crippen molar-refractivity contribution in [3.63, 3.8) is 0 Å². The lowest BCUT2D eigenvalue weighted by Crippen LogP contribution is -2.25. The molecule has 23 heavy (non-hydrogen) atoms. The molecule has 0 saturated heterocycles. The number of hydrogen-bond acceptors (Lipinski definition) is 5. The fourth-order valence-electron chi connectivity index (χ4n) is 2.36. The minimum Gasteiger partial charge on any atom is -0.495 e. The molecule has 0 aliphatic heterocycles. The second-order valence-corrected chi connectivity index (χ2v) is 5.63. The Morgan fingerprint density at radius 1 is 1.13 bits per heavy atom. The van der Waals surface area contributed by atoms with Crippen molar-refractivity contribution in [1.82, 2.24) is 9.97 Å². The van der Waals surface area contributed by atoms with E-state index in [2.05, 4.69) is 34.0 Å². The standard InChI is InChI=1S/C17H23ClN4O/c1-4-8-22(9-5-2)17-11-16(19-12-20-17)21-13-6-7-15(23-3)14(18)10-13/h6-7,10-12H,4-5,8-9H2,1-3H3,(H,19,20,21). The zero-order chi connectivity index (χ0) is 16.7. The van der Waals surface area contributed by atoms with Crippen molar-refractivity contribution in [3.05, 3.63) is 35.6 Å². The van der Waals surface area contributed by atoms with Crippen LogP contribution in [0.15, 0.2) is 30.6 Å². The molecule has 0 aliphatic carbocycles. The fourth-order valence-corrected chi connectivity index (χ4v) is 2.62. The number of aromatic nitrogens is 2. The third-order valence-corrected chi connectivity index (χ3v) is 3.68. The van der Waals surface area contributed by atoms with Crippen LogP contribution in [0.2, 0.25) is 5.02 Å². The zero-order valence-electron chi connectivity index (χ0n) is 13.8. The molecule has 124 valence electrons. The zero-order valence-corrected chi connectivity index (χ0v) is 14.6. The van der Waals surface area contributed by atoms with Gasteiger partial charge in [-0.25, -0.2) is 9.97 Å². The molecule has 1 heterocycles. The average molecular weight is 335 g/mol. The molecule has 1 aromatic heterocycles. The first-order valence-corrected chi connectivity index (χ1v) is 8.23. The first-order valence-electron chi connectivity index (χ1n) is 7.85. The van der Waals surface area contributed by atoms with Crippen molar-refractivity contribution in [1.29, 1.82) is 0 Å². The Morgan fingerprint density at radius 3 is 2.48 bits per heavy atom. The predicted molar refractivity (Wildman–Crippen MR) is 96.1 cm³/mol. The van der Waals surface area contributed by atoms with E-state index in [9.17, 15) is 0 Å². The second kappa shape index (κ2) is 8.58. The van der Waals surface area contributed by atoms with Gasteiger partial charge in [0.25, 0.3) is 0 Å². The number of methoxy groups -OCH3 is 1. The smallest absolute Gasteiger partial charge is 0.137 e. The number of anilines is 3. The van der Waals surface area contributed by atoms with Crippen LogP contribution in [0.4, 0.5) is 17.3 Å². The normalized spacial score (nSPS) is 10.4. The lowest BCUT2D eigenvalue weighted by molar-refractivity contribution is 0.415. The molecule has 1 N–H and O–H groups in total. The Morgan fingerprint density at radius 2 is 1.87 bits per heavy atom. The van der Waals surface area contributed by atoms with E-state index in [-0.39, 0.29) is 0 Å². The van der Waals surface area contributed by atoms with Crippen LogP contribution in [-0.2, 0) is 0 Å². The van der Waals surface area contributed by atoms with Crippen molar-refractivity contribution >= 4 is 28.9 Å². The van der Waals surface area contributed by atoms with Crippen LogP contribution in [0.5, 0.6) is 5.75 Å². The summed E-state index contributed by atoms with van der Waals surface area (Å²) in [7, 11) is 1.60. The molecular weight excluding hydrogens is 312 g/mol. The number of ether oxygens (including phenoxy) is 1. The lowest BCUT2D eigenvalue weighted by Gasteiger charge is -2.22. The fraction of sp³-hybridized carbons (Fsp3) is 0.412. The third kappa shape index (κ3) is 4.73. The van der Waals surface area contributed by atoms with Crippen molar-refractivity contribution in [2.75, 3.05) is 30.4 Å². The Balaban J connectivity index is 2.17. The second-order valence-electron chi connectivity index (χ2n) is 5.22. The molecule has 0 radical (unpaired) electrons. The highest BCUT2D eigenvalue weighted by Gasteiger charge is 2.08. The van der Waals surface area contributed by atoms with Gasteiger partial charge in [-0.05, 0) is 31.0 Å². The average Bonchev–Trinajstić information content (AvgIpc) is 2.55. The van der Waals surface area contributed by atoms with Gasteiger partial charge in [0.1, 0.15) is 23.7 Å². The van der Waals surface area contributed by atoms with Gasteiger partial charge in [-0.2, -0.15) is 0 Å². The van der Waals surface area contributed by atoms with Crippen LogP contribution in [-0.4, -0.2) is 30.2 Å². The van der Waals surface area contributed by atoms with E-state index in [4.69, 9.17) is 16.3 Å². The molecule has 0 aliphatic rings. The number of benzene rings is 1. The first-order chi connectivity index (χ1) is 11.2. The van der Waals surface area contributed by atoms with E-state index in [1.807, 2.05) is 24.3 Å². The molecule has 6 heteroatoms. The minimum atomic E-state index is 0.561. The molecule has 5 nitrogen and oxygen atoms in total. The minimum absolute atomic E-state index is 0.561. The number of rotatable bonds is 8. The van der Waals surface area contributed by atoms with Gasteiger partial charge in [0.05, 0.1) is 12.1 Å². The Bertz CT molecular complexity index is 630. The number of halogens is 1. The maximum Gasteiger partial charge on any atom is 0.137 e. The molecule has 0 saturated carbocycles. The van der Waals surface area contributed by atoms with E-state index in [0.717, 1.165) is 43.3 Å². The van der Waals surface area contributed by atoms with E-state index >= 15 is 0 Å². The monoisotopic (exact) mass is 334 g/mol. The van der Waals surface area contributed by atoms with Crippen molar-refractivity contribution < 1.29 is 4.74 Å². The number of nitrogens with zero attached hydrogens (tertiary/aromatic N) is 3. The van der Waals surface area contributed by atoms with Gasteiger partial charge < -0.3 is 15.0 Å². The molecule has 0 fully saturated rings. The van der Waals surface area contributed by atoms with Crippen LogP contribution < -0.4 is 15.0 Å². The largest absolute Gasteiger partial charge is 0.495 e. The van der Waals surface area contributed by atoms with Crippen molar-refractivity contribution in [3.8, 4) is 5.75 Å². The molecule has 0 spiro atoms. The molecule has 2 aromatic rings. The maximum atomic E-state index is 6.15. The topological polar surface area (TPSA) is 50.3 Å². The van der Waals surface area contributed by atoms with Crippen LogP contribution in [0.3, 0.4) is 0 Å². The summed E-state index contributed by atoms with van der Waals surface area (Å²) in [5.41, 5.74) is 0.859. The van der Waals surface area contributed by atoms with Crippen LogP contribution >= 0.6 is 11.6 Å². The molecule has 0 bridgehead atoms. The highest BCUT2D eigenvalue weighted by Crippen LogP contribution is 2.28. The van der Waals surface area contributed by atoms with Crippen LogP contribution in [0, 0.1) is 0 Å². The molecule has 0 unspecified atom stereocenters. The summed E-state index contributed by atoms with van der Waals surface area (Å²) in [6.45, 7) is 6.31. The Labute approximate surface area is 142 Å². The molecule has 2 rings (SSSR count). The van der Waals surface area contributed by atoms with E-state index < -0.39 is 0 Å². The van der Waals surface area contributed by atoms with Crippen LogP contribution in [0.1, 0.15) is 26.7 Å². The summed E-state index contributed by atoms with van der Waals surface area (Å²) in [5, 5.41) is 3.82. The molecule has 1 aromatic carbocycles. The van der Waals surface area contributed by atoms with Crippen LogP contribution in [0.25, 0.3) is 0 Å². The van der Waals surface area contributed by atoms with Gasteiger partial charge in [-0.15, -0.1) is 0 Å². The molecule has 0 atom stereocenters. The number of hydrogen-bond donors (Lipinski definition) is 1. The predicted octanol–water partition coefficient (Wildman–Crippen LogP) is 4.51. The van der Waals surface area contributed by atoms with Gasteiger partial charge >= 0.3 is 0 Å². The van der Waals surface area contributed by atoms with Gasteiger partial charge in [0.15, 0.2) is 0 Å². The molecule has 0 amide bonds. The van der Waals surface area contributed by atoms with Gasteiger partial charge in [-0.1, -0.05) is 25.4 Å².